The Kier molecular flexibility index (Phi) is 3.22. The van der Waals surface area contributed by atoms with E-state index in [4.69, 9.17) is 9.31 Å². The van der Waals surface area contributed by atoms with Gasteiger partial charge in [-0.25, -0.2) is 4.68 Å². The number of nitrogens with zero attached hydrogens (tertiary/aromatic N) is 2. The van der Waals surface area contributed by atoms with Crippen molar-refractivity contribution in [3.8, 4) is 5.69 Å². The summed E-state index contributed by atoms with van der Waals surface area (Å²) in [5.41, 5.74) is 2.45. The fourth-order valence-corrected chi connectivity index (χ4v) is 2.36. The Bertz CT molecular complexity index is 631. The van der Waals surface area contributed by atoms with Crippen LogP contribution in [-0.4, -0.2) is 28.1 Å². The Morgan fingerprint density at radius 3 is 2.10 bits per heavy atom. The molecule has 21 heavy (non-hydrogen) atoms. The standard InChI is InChI=1S/C16H21BN2O2/c1-12-6-8-13(9-7-12)19-14(10-11-18-19)17-20-15(2,3)16(4,5)21-17/h6-11H,1-5H3. The van der Waals surface area contributed by atoms with Crippen LogP contribution in [-0.2, 0) is 9.31 Å². The van der Waals surface area contributed by atoms with Gasteiger partial charge in [-0.1, -0.05) is 17.7 Å². The van der Waals surface area contributed by atoms with Crippen LogP contribution >= 0.6 is 0 Å². The molecule has 4 nitrogen and oxygen atoms in total. The van der Waals surface area contributed by atoms with Gasteiger partial charge in [0.2, 0.25) is 0 Å². The van der Waals surface area contributed by atoms with Crippen LogP contribution in [0.5, 0.6) is 0 Å². The molecule has 0 aliphatic carbocycles. The third kappa shape index (κ3) is 2.41. The molecule has 1 aromatic heterocycles. The van der Waals surface area contributed by atoms with Gasteiger partial charge in [-0.3, -0.25) is 0 Å². The highest BCUT2D eigenvalue weighted by Gasteiger charge is 2.52. The molecular weight excluding hydrogens is 263 g/mol. The maximum absolute atomic E-state index is 6.11. The van der Waals surface area contributed by atoms with Gasteiger partial charge in [0.15, 0.2) is 0 Å². The van der Waals surface area contributed by atoms with Crippen LogP contribution in [0.25, 0.3) is 5.69 Å². The molecule has 1 aliphatic rings. The maximum Gasteiger partial charge on any atom is 0.514 e. The Balaban J connectivity index is 1.96. The van der Waals surface area contributed by atoms with Gasteiger partial charge in [-0.05, 0) is 52.8 Å². The van der Waals surface area contributed by atoms with Crippen LogP contribution < -0.4 is 5.59 Å². The molecule has 0 amide bonds. The highest BCUT2D eigenvalue weighted by molar-refractivity contribution is 6.61. The molecule has 2 heterocycles. The van der Waals surface area contributed by atoms with E-state index in [2.05, 4.69) is 64.0 Å². The Hall–Kier alpha value is -1.59. The lowest BCUT2D eigenvalue weighted by atomic mass is 9.84. The summed E-state index contributed by atoms with van der Waals surface area (Å²) in [6, 6.07) is 10.2. The number of benzene rings is 1. The van der Waals surface area contributed by atoms with Gasteiger partial charge in [0.1, 0.15) is 0 Å². The highest BCUT2D eigenvalue weighted by Crippen LogP contribution is 2.36. The summed E-state index contributed by atoms with van der Waals surface area (Å²) in [5, 5.41) is 4.41. The minimum atomic E-state index is -0.404. The van der Waals surface area contributed by atoms with E-state index < -0.39 is 7.12 Å². The monoisotopic (exact) mass is 284 g/mol. The fourth-order valence-electron chi connectivity index (χ4n) is 2.36. The van der Waals surface area contributed by atoms with Crippen LogP contribution in [0.3, 0.4) is 0 Å². The first-order valence-electron chi connectivity index (χ1n) is 7.27. The van der Waals surface area contributed by atoms with E-state index in [0.717, 1.165) is 11.3 Å². The first-order valence-corrected chi connectivity index (χ1v) is 7.27. The van der Waals surface area contributed by atoms with Crippen LogP contribution in [0.1, 0.15) is 33.3 Å². The van der Waals surface area contributed by atoms with E-state index in [1.165, 1.54) is 5.56 Å². The van der Waals surface area contributed by atoms with Crippen LogP contribution in [0, 0.1) is 6.92 Å². The summed E-state index contributed by atoms with van der Waals surface area (Å²) < 4.78 is 14.1. The molecule has 3 rings (SSSR count). The van der Waals surface area contributed by atoms with Crippen molar-refractivity contribution in [1.82, 2.24) is 9.78 Å². The molecule has 0 bridgehead atoms. The second kappa shape index (κ2) is 4.72. The predicted molar refractivity (Wildman–Crippen MR) is 84.0 cm³/mol. The lowest BCUT2D eigenvalue weighted by molar-refractivity contribution is 0.00578. The molecule has 0 radical (unpaired) electrons. The summed E-state index contributed by atoms with van der Waals surface area (Å²) in [6.45, 7) is 10.3. The van der Waals surface area contributed by atoms with Crippen molar-refractivity contribution in [1.29, 1.82) is 0 Å². The van der Waals surface area contributed by atoms with Gasteiger partial charge in [0.25, 0.3) is 0 Å². The largest absolute Gasteiger partial charge is 0.514 e. The van der Waals surface area contributed by atoms with Crippen molar-refractivity contribution in [3.05, 3.63) is 42.1 Å². The molecule has 1 aliphatic heterocycles. The molecule has 2 aromatic rings. The Labute approximate surface area is 126 Å². The van der Waals surface area contributed by atoms with E-state index in [1.807, 2.05) is 10.7 Å². The number of rotatable bonds is 2. The topological polar surface area (TPSA) is 36.3 Å². The lowest BCUT2D eigenvalue weighted by Crippen LogP contribution is -2.41. The van der Waals surface area contributed by atoms with Gasteiger partial charge in [0, 0.05) is 6.20 Å². The van der Waals surface area contributed by atoms with Gasteiger partial charge in [-0.15, -0.1) is 0 Å². The van der Waals surface area contributed by atoms with Crippen molar-refractivity contribution in [2.75, 3.05) is 0 Å². The predicted octanol–water partition coefficient (Wildman–Crippen LogP) is 2.48. The zero-order valence-corrected chi connectivity index (χ0v) is 13.3. The molecule has 5 heteroatoms. The van der Waals surface area contributed by atoms with Gasteiger partial charge < -0.3 is 9.31 Å². The molecule has 110 valence electrons. The first kappa shape index (κ1) is 14.4. The average molecular weight is 284 g/mol. The summed E-state index contributed by atoms with van der Waals surface area (Å²) in [7, 11) is -0.404. The molecule has 0 N–H and O–H groups in total. The average Bonchev–Trinajstić information content (AvgIpc) is 2.94. The lowest BCUT2D eigenvalue weighted by Gasteiger charge is -2.32. The van der Waals surface area contributed by atoms with Crippen molar-refractivity contribution < 1.29 is 9.31 Å². The second-order valence-corrected chi connectivity index (χ2v) is 6.59. The molecule has 1 aromatic carbocycles. The van der Waals surface area contributed by atoms with E-state index in [9.17, 15) is 0 Å². The molecule has 0 unspecified atom stereocenters. The zero-order valence-electron chi connectivity index (χ0n) is 13.3. The van der Waals surface area contributed by atoms with Crippen LogP contribution in [0.4, 0.5) is 0 Å². The molecule has 0 atom stereocenters. The number of aryl methyl sites for hydroxylation is 1. The normalized spacial score (nSPS) is 20.0. The number of aromatic nitrogens is 2. The first-order chi connectivity index (χ1) is 9.80. The summed E-state index contributed by atoms with van der Waals surface area (Å²) >= 11 is 0. The summed E-state index contributed by atoms with van der Waals surface area (Å²) in [4.78, 5) is 0. The van der Waals surface area contributed by atoms with E-state index >= 15 is 0 Å². The van der Waals surface area contributed by atoms with Crippen molar-refractivity contribution in [2.45, 2.75) is 45.8 Å². The molecule has 0 spiro atoms. The van der Waals surface area contributed by atoms with Crippen molar-refractivity contribution in [2.24, 2.45) is 0 Å². The Morgan fingerprint density at radius 2 is 1.52 bits per heavy atom. The summed E-state index contributed by atoms with van der Waals surface area (Å²) in [6.07, 6.45) is 1.78. The quantitative estimate of drug-likeness (QED) is 0.795. The van der Waals surface area contributed by atoms with Crippen molar-refractivity contribution >= 4 is 12.7 Å². The zero-order chi connectivity index (χ0) is 15.3. The minimum absolute atomic E-state index is 0.347. The van der Waals surface area contributed by atoms with Gasteiger partial charge >= 0.3 is 7.12 Å². The smallest absolute Gasteiger partial charge is 0.398 e. The second-order valence-electron chi connectivity index (χ2n) is 6.59. The highest BCUT2D eigenvalue weighted by atomic mass is 16.7. The third-order valence-corrected chi connectivity index (χ3v) is 4.45. The Morgan fingerprint density at radius 1 is 0.952 bits per heavy atom. The van der Waals surface area contributed by atoms with Gasteiger partial charge in [-0.2, -0.15) is 5.10 Å². The van der Waals surface area contributed by atoms with Gasteiger partial charge in [0.05, 0.1) is 22.5 Å². The van der Waals surface area contributed by atoms with E-state index in [1.54, 1.807) is 6.20 Å². The molecular formula is C16H21BN2O2. The molecule has 1 saturated heterocycles. The number of hydrogen-bond donors (Lipinski definition) is 0. The van der Waals surface area contributed by atoms with Crippen LogP contribution in [0.2, 0.25) is 0 Å². The third-order valence-electron chi connectivity index (χ3n) is 4.45. The number of hydrogen-bond acceptors (Lipinski definition) is 3. The minimum Gasteiger partial charge on any atom is -0.398 e. The molecule has 0 saturated carbocycles. The van der Waals surface area contributed by atoms with Crippen molar-refractivity contribution in [3.63, 3.8) is 0 Å². The van der Waals surface area contributed by atoms with Crippen LogP contribution in [0.15, 0.2) is 36.5 Å². The van der Waals surface area contributed by atoms with E-state index in [-0.39, 0.29) is 11.2 Å². The fraction of sp³-hybridized carbons (Fsp3) is 0.438. The molecule has 1 fully saturated rings. The summed E-state index contributed by atoms with van der Waals surface area (Å²) in [5.74, 6) is 0. The SMILES string of the molecule is Cc1ccc(-n2nccc2B2OC(C)(C)C(C)(C)O2)cc1. The van der Waals surface area contributed by atoms with E-state index in [0.29, 0.717) is 0 Å². The maximum atomic E-state index is 6.11.